The molecule has 0 saturated heterocycles. The molecule has 0 N–H and O–H groups in total. The summed E-state index contributed by atoms with van der Waals surface area (Å²) in [7, 11) is 0. The zero-order valence-corrected chi connectivity index (χ0v) is 17.4. The van der Waals surface area contributed by atoms with Crippen molar-refractivity contribution in [1.29, 1.82) is 0 Å². The van der Waals surface area contributed by atoms with E-state index in [9.17, 15) is 8.78 Å². The van der Waals surface area contributed by atoms with E-state index in [2.05, 4.69) is 31.2 Å². The van der Waals surface area contributed by atoms with Gasteiger partial charge < -0.3 is 0 Å². The van der Waals surface area contributed by atoms with Gasteiger partial charge in [-0.1, -0.05) is 89.0 Å². The molecule has 27 heavy (non-hydrogen) atoms. The molecular formula is C25H40F2. The van der Waals surface area contributed by atoms with Crippen LogP contribution >= 0.6 is 0 Å². The molecule has 1 saturated carbocycles. The van der Waals surface area contributed by atoms with E-state index >= 15 is 0 Å². The molecule has 2 heteroatoms. The molecule has 0 atom stereocenters. The Hall–Kier alpha value is -0.920. The van der Waals surface area contributed by atoms with Gasteiger partial charge in [-0.25, -0.2) is 8.78 Å². The van der Waals surface area contributed by atoms with E-state index in [1.807, 2.05) is 0 Å². The summed E-state index contributed by atoms with van der Waals surface area (Å²) < 4.78 is 24.6. The molecule has 0 nitrogen and oxygen atoms in total. The smallest absolute Gasteiger partial charge is 0.211 e. The largest absolute Gasteiger partial charge is 0.239 e. The Morgan fingerprint density at radius 1 is 0.815 bits per heavy atom. The van der Waals surface area contributed by atoms with Crippen LogP contribution in [0, 0.1) is 5.92 Å². The normalized spacial score (nSPS) is 20.3. The van der Waals surface area contributed by atoms with Gasteiger partial charge in [0.15, 0.2) is 0 Å². The summed E-state index contributed by atoms with van der Waals surface area (Å²) in [5, 5.41) is 0. The van der Waals surface area contributed by atoms with Gasteiger partial charge in [0.2, 0.25) is 6.43 Å². The van der Waals surface area contributed by atoms with Gasteiger partial charge in [-0.2, -0.15) is 0 Å². The van der Waals surface area contributed by atoms with E-state index in [4.69, 9.17) is 0 Å². The van der Waals surface area contributed by atoms with Crippen molar-refractivity contribution in [3.05, 3.63) is 35.4 Å². The molecule has 0 heterocycles. The fourth-order valence-electron chi connectivity index (χ4n) is 4.58. The van der Waals surface area contributed by atoms with Crippen molar-refractivity contribution in [2.24, 2.45) is 5.92 Å². The second-order valence-electron chi connectivity index (χ2n) is 8.65. The predicted molar refractivity (Wildman–Crippen MR) is 113 cm³/mol. The minimum Gasteiger partial charge on any atom is -0.211 e. The van der Waals surface area contributed by atoms with Crippen molar-refractivity contribution in [2.45, 2.75) is 116 Å². The molecule has 154 valence electrons. The summed E-state index contributed by atoms with van der Waals surface area (Å²) in [5.41, 5.74) is 2.46. The minimum absolute atomic E-state index is 0.0246. The van der Waals surface area contributed by atoms with E-state index in [0.29, 0.717) is 12.3 Å². The third-order valence-electron chi connectivity index (χ3n) is 6.42. The first-order chi connectivity index (χ1) is 13.2. The van der Waals surface area contributed by atoms with E-state index in [1.54, 1.807) is 0 Å². The monoisotopic (exact) mass is 378 g/mol. The number of halogens is 2. The molecule has 0 aliphatic heterocycles. The third-order valence-corrected chi connectivity index (χ3v) is 6.42. The van der Waals surface area contributed by atoms with Crippen LogP contribution in [0.2, 0.25) is 0 Å². The number of hydrogen-bond acceptors (Lipinski definition) is 0. The van der Waals surface area contributed by atoms with Crippen LogP contribution in [0.4, 0.5) is 8.78 Å². The highest BCUT2D eigenvalue weighted by Gasteiger charge is 2.22. The molecule has 0 amide bonds. The summed E-state index contributed by atoms with van der Waals surface area (Å²) in [4.78, 5) is 0. The van der Waals surface area contributed by atoms with Crippen LogP contribution in [-0.4, -0.2) is 6.43 Å². The summed E-state index contributed by atoms with van der Waals surface area (Å²) in [5.74, 6) is 1.62. The molecule has 0 aromatic heterocycles. The second kappa shape index (κ2) is 13.3. The van der Waals surface area contributed by atoms with Crippen LogP contribution in [0.5, 0.6) is 0 Å². The fraction of sp³-hybridized carbons (Fsp3) is 0.760. The van der Waals surface area contributed by atoms with Gasteiger partial charge >= 0.3 is 0 Å². The van der Waals surface area contributed by atoms with Crippen molar-refractivity contribution in [2.75, 3.05) is 0 Å². The third kappa shape index (κ3) is 9.21. The topological polar surface area (TPSA) is 0 Å². The Labute approximate surface area is 166 Å². The fourth-order valence-corrected chi connectivity index (χ4v) is 4.58. The molecule has 1 aromatic carbocycles. The van der Waals surface area contributed by atoms with Gasteiger partial charge in [0.25, 0.3) is 0 Å². The molecule has 0 spiro atoms. The van der Waals surface area contributed by atoms with Crippen molar-refractivity contribution in [3.63, 3.8) is 0 Å². The SMILES string of the molecule is CCCCCCCCCC[C@H]1CC[C@H](c2ccc(CCC(F)F)cc2)CC1. The quantitative estimate of drug-likeness (QED) is 0.301. The Bertz CT molecular complexity index is 472. The summed E-state index contributed by atoms with van der Waals surface area (Å²) in [6.45, 7) is 2.28. The van der Waals surface area contributed by atoms with Crippen LogP contribution in [0.1, 0.15) is 114 Å². The zero-order valence-electron chi connectivity index (χ0n) is 17.4. The first-order valence-corrected chi connectivity index (χ1v) is 11.6. The number of hydrogen-bond donors (Lipinski definition) is 0. The van der Waals surface area contributed by atoms with Gasteiger partial charge in [-0.05, 0) is 55.1 Å². The van der Waals surface area contributed by atoms with Crippen molar-refractivity contribution >= 4 is 0 Å². The van der Waals surface area contributed by atoms with Crippen LogP contribution in [0.3, 0.4) is 0 Å². The number of unbranched alkanes of at least 4 members (excludes halogenated alkanes) is 7. The second-order valence-corrected chi connectivity index (χ2v) is 8.65. The van der Waals surface area contributed by atoms with E-state index in [-0.39, 0.29) is 6.42 Å². The lowest BCUT2D eigenvalue weighted by Gasteiger charge is -2.29. The highest BCUT2D eigenvalue weighted by molar-refractivity contribution is 5.26. The Balaban J connectivity index is 1.57. The Morgan fingerprint density at radius 2 is 1.41 bits per heavy atom. The number of alkyl halides is 2. The standard InChI is InChI=1S/C25H40F2/c1-2-3-4-5-6-7-8-9-10-21-11-16-23(17-12-21)24-18-13-22(14-19-24)15-20-25(26)27/h13-14,18-19,21,23,25H,2-12,15-17,20H2,1H3/t21-,23-. The average molecular weight is 379 g/mol. The maximum absolute atomic E-state index is 12.3. The summed E-state index contributed by atoms with van der Waals surface area (Å²) in [6.07, 6.45) is 16.3. The van der Waals surface area contributed by atoms with Gasteiger partial charge in [0, 0.05) is 6.42 Å². The average Bonchev–Trinajstić information content (AvgIpc) is 2.69. The predicted octanol–water partition coefficient (Wildman–Crippen LogP) is 8.69. The van der Waals surface area contributed by atoms with Crippen molar-refractivity contribution in [1.82, 2.24) is 0 Å². The molecule has 1 aromatic rings. The first-order valence-electron chi connectivity index (χ1n) is 11.6. The Kier molecular flexibility index (Phi) is 11.0. The van der Waals surface area contributed by atoms with Gasteiger partial charge in [0.05, 0.1) is 0 Å². The Morgan fingerprint density at radius 3 is 2.00 bits per heavy atom. The van der Waals surface area contributed by atoms with Crippen LogP contribution in [0.25, 0.3) is 0 Å². The highest BCUT2D eigenvalue weighted by Crippen LogP contribution is 2.37. The van der Waals surface area contributed by atoms with E-state index in [1.165, 1.54) is 89.0 Å². The first kappa shape index (κ1) is 22.4. The number of rotatable bonds is 13. The van der Waals surface area contributed by atoms with Gasteiger partial charge in [-0.3, -0.25) is 0 Å². The summed E-state index contributed by atoms with van der Waals surface area (Å²) in [6, 6.07) is 8.49. The lowest BCUT2D eigenvalue weighted by atomic mass is 9.77. The molecule has 0 radical (unpaired) electrons. The molecule has 1 fully saturated rings. The van der Waals surface area contributed by atoms with E-state index in [0.717, 1.165) is 11.5 Å². The van der Waals surface area contributed by atoms with Gasteiger partial charge in [0.1, 0.15) is 0 Å². The van der Waals surface area contributed by atoms with E-state index < -0.39 is 6.43 Å². The van der Waals surface area contributed by atoms with Crippen LogP contribution < -0.4 is 0 Å². The molecular weight excluding hydrogens is 338 g/mol. The number of benzene rings is 1. The number of aryl methyl sites for hydroxylation is 1. The molecule has 0 unspecified atom stereocenters. The molecule has 1 aliphatic carbocycles. The summed E-state index contributed by atoms with van der Waals surface area (Å²) >= 11 is 0. The lowest BCUT2D eigenvalue weighted by molar-refractivity contribution is 0.138. The van der Waals surface area contributed by atoms with Gasteiger partial charge in [-0.15, -0.1) is 0 Å². The minimum atomic E-state index is -2.19. The highest BCUT2D eigenvalue weighted by atomic mass is 19.3. The zero-order chi connectivity index (χ0) is 19.3. The maximum atomic E-state index is 12.3. The molecule has 0 bridgehead atoms. The maximum Gasteiger partial charge on any atom is 0.239 e. The van der Waals surface area contributed by atoms with Crippen LogP contribution in [0.15, 0.2) is 24.3 Å². The van der Waals surface area contributed by atoms with Crippen molar-refractivity contribution in [3.8, 4) is 0 Å². The van der Waals surface area contributed by atoms with Crippen LogP contribution in [-0.2, 0) is 6.42 Å². The lowest BCUT2D eigenvalue weighted by Crippen LogP contribution is -2.13. The molecule has 2 rings (SSSR count). The van der Waals surface area contributed by atoms with Crippen molar-refractivity contribution < 1.29 is 8.78 Å². The molecule has 1 aliphatic rings.